The Labute approximate surface area is 252 Å². The minimum Gasteiger partial charge on any atom is -0.378 e. The molecule has 3 N–H and O–H groups in total. The van der Waals surface area contributed by atoms with Crippen LogP contribution >= 0.6 is 35.0 Å². The van der Waals surface area contributed by atoms with Crippen molar-refractivity contribution in [1.29, 1.82) is 0 Å². The standard InChI is InChI=1S/C26H27Cl2N7O4S2/c27-20-2-1-3-21(28)23(20)35-15-40-24-19(25(35)36)11-30-26(32-24)31-17-4-5-22(34-8-6-29-7-9-34)16(10-17)14-41(37,38)33-18-12-39-13-18/h1-5,10-11,18,29,33H,6-9,12-15H2,(H,30,31,32). The van der Waals surface area contributed by atoms with Gasteiger partial charge < -0.3 is 20.3 Å². The van der Waals surface area contributed by atoms with Gasteiger partial charge in [0.05, 0.1) is 52.2 Å². The van der Waals surface area contributed by atoms with Gasteiger partial charge in [-0.15, -0.1) is 0 Å². The molecule has 4 heterocycles. The highest BCUT2D eigenvalue weighted by atomic mass is 35.5. The van der Waals surface area contributed by atoms with Crippen LogP contribution in [0.2, 0.25) is 10.0 Å². The summed E-state index contributed by atoms with van der Waals surface area (Å²) >= 11 is 14.0. The predicted molar refractivity (Wildman–Crippen MR) is 161 cm³/mol. The molecule has 11 nitrogen and oxygen atoms in total. The zero-order chi connectivity index (χ0) is 28.6. The number of ether oxygens (including phenoxy) is 1. The Bertz CT molecular complexity index is 1560. The Kier molecular flexibility index (Phi) is 8.28. The molecule has 2 fully saturated rings. The number of aromatic nitrogens is 2. The van der Waals surface area contributed by atoms with E-state index in [-0.39, 0.29) is 23.6 Å². The number of benzene rings is 2. The largest absolute Gasteiger partial charge is 0.378 e. The molecule has 2 saturated heterocycles. The summed E-state index contributed by atoms with van der Waals surface area (Å²) in [7, 11) is -3.59. The summed E-state index contributed by atoms with van der Waals surface area (Å²) in [6.07, 6.45) is 1.47. The van der Waals surface area contributed by atoms with Crippen LogP contribution in [0, 0.1) is 0 Å². The lowest BCUT2D eigenvalue weighted by molar-refractivity contribution is 0.00480. The molecule has 0 unspecified atom stereocenters. The average molecular weight is 637 g/mol. The van der Waals surface area contributed by atoms with Crippen LogP contribution in [-0.2, 0) is 20.5 Å². The summed E-state index contributed by atoms with van der Waals surface area (Å²) in [4.78, 5) is 25.9. The first kappa shape index (κ1) is 28.5. The number of nitrogens with one attached hydrogen (secondary N) is 3. The zero-order valence-electron chi connectivity index (χ0n) is 21.8. The fourth-order valence-electron chi connectivity index (χ4n) is 4.85. The number of anilines is 4. The van der Waals surface area contributed by atoms with Crippen LogP contribution in [0.4, 0.5) is 23.0 Å². The number of nitrogens with zero attached hydrogens (tertiary/aromatic N) is 4. The van der Waals surface area contributed by atoms with Gasteiger partial charge in [-0.2, -0.15) is 0 Å². The predicted octanol–water partition coefficient (Wildman–Crippen LogP) is 3.46. The maximum absolute atomic E-state index is 13.3. The van der Waals surface area contributed by atoms with Gasteiger partial charge in [0.1, 0.15) is 5.03 Å². The molecule has 0 spiro atoms. The average Bonchev–Trinajstić information content (AvgIpc) is 2.92. The molecule has 1 amide bonds. The summed E-state index contributed by atoms with van der Waals surface area (Å²) < 4.78 is 33.8. The number of para-hydroxylation sites is 1. The molecule has 0 saturated carbocycles. The van der Waals surface area contributed by atoms with E-state index < -0.39 is 10.0 Å². The van der Waals surface area contributed by atoms with Crippen LogP contribution in [0.1, 0.15) is 15.9 Å². The van der Waals surface area contributed by atoms with Crippen molar-refractivity contribution in [1.82, 2.24) is 20.0 Å². The Hall–Kier alpha value is -2.65. The molecule has 41 heavy (non-hydrogen) atoms. The van der Waals surface area contributed by atoms with Crippen LogP contribution in [0.5, 0.6) is 0 Å². The van der Waals surface area contributed by atoms with Crippen molar-refractivity contribution in [2.75, 3.05) is 60.4 Å². The highest BCUT2D eigenvalue weighted by Crippen LogP contribution is 2.39. The van der Waals surface area contributed by atoms with Crippen molar-refractivity contribution in [2.45, 2.75) is 16.8 Å². The molecule has 1 aromatic heterocycles. The van der Waals surface area contributed by atoms with Crippen LogP contribution in [0.15, 0.2) is 47.6 Å². The summed E-state index contributed by atoms with van der Waals surface area (Å²) in [5.74, 6) is 0.111. The number of thioether (sulfide) groups is 1. The van der Waals surface area contributed by atoms with E-state index in [1.807, 2.05) is 18.2 Å². The Balaban J connectivity index is 1.24. The van der Waals surface area contributed by atoms with Crippen molar-refractivity contribution in [3.05, 3.63) is 63.8 Å². The molecular weight excluding hydrogens is 609 g/mol. The van der Waals surface area contributed by atoms with Crippen molar-refractivity contribution in [3.63, 3.8) is 0 Å². The molecule has 2 aromatic carbocycles. The van der Waals surface area contributed by atoms with Gasteiger partial charge >= 0.3 is 0 Å². The fraction of sp³-hybridized carbons (Fsp3) is 0.346. The minimum absolute atomic E-state index is 0.172. The smallest absolute Gasteiger partial charge is 0.263 e. The second-order valence-corrected chi connectivity index (χ2v) is 13.3. The first-order valence-corrected chi connectivity index (χ1v) is 16.4. The van der Waals surface area contributed by atoms with Crippen LogP contribution in [-0.4, -0.2) is 75.6 Å². The third-order valence-corrected chi connectivity index (χ3v) is 9.86. The zero-order valence-corrected chi connectivity index (χ0v) is 24.9. The van der Waals surface area contributed by atoms with Gasteiger partial charge in [-0.25, -0.2) is 23.1 Å². The van der Waals surface area contributed by atoms with E-state index in [0.717, 1.165) is 31.9 Å². The number of carbonyl (C=O) groups is 1. The Morgan fingerprint density at radius 2 is 1.88 bits per heavy atom. The van der Waals surface area contributed by atoms with E-state index in [1.54, 1.807) is 18.2 Å². The van der Waals surface area contributed by atoms with Crippen LogP contribution in [0.3, 0.4) is 0 Å². The molecule has 216 valence electrons. The highest BCUT2D eigenvalue weighted by Gasteiger charge is 2.31. The summed E-state index contributed by atoms with van der Waals surface area (Å²) in [5, 5.41) is 7.80. The summed E-state index contributed by atoms with van der Waals surface area (Å²) in [6, 6.07) is 10.5. The maximum atomic E-state index is 13.3. The molecule has 3 aliphatic heterocycles. The molecule has 0 radical (unpaired) electrons. The van der Waals surface area contributed by atoms with E-state index in [1.165, 1.54) is 22.9 Å². The number of piperazine rings is 1. The Morgan fingerprint density at radius 1 is 1.12 bits per heavy atom. The number of hydrogen-bond donors (Lipinski definition) is 3. The van der Waals surface area contributed by atoms with Gasteiger partial charge in [-0.3, -0.25) is 9.69 Å². The molecule has 3 aromatic rings. The van der Waals surface area contributed by atoms with Gasteiger partial charge in [0, 0.05) is 43.8 Å². The number of sulfonamides is 1. The van der Waals surface area contributed by atoms with Crippen LogP contribution < -0.4 is 25.2 Å². The lowest BCUT2D eigenvalue weighted by atomic mass is 10.1. The molecule has 0 aliphatic carbocycles. The third-order valence-electron chi connectivity index (χ3n) is 6.89. The van der Waals surface area contributed by atoms with E-state index in [4.69, 9.17) is 27.9 Å². The van der Waals surface area contributed by atoms with Gasteiger partial charge in [0.2, 0.25) is 16.0 Å². The second-order valence-electron chi connectivity index (χ2n) is 9.81. The van der Waals surface area contributed by atoms with Crippen molar-refractivity contribution < 1.29 is 17.9 Å². The second kappa shape index (κ2) is 11.9. The molecule has 6 rings (SSSR count). The number of hydrogen-bond acceptors (Lipinski definition) is 10. The highest BCUT2D eigenvalue weighted by molar-refractivity contribution is 7.99. The van der Waals surface area contributed by atoms with Gasteiger partial charge in [-0.1, -0.05) is 41.0 Å². The molecular formula is C26H27Cl2N7O4S2. The quantitative estimate of drug-likeness (QED) is 0.316. The van der Waals surface area contributed by atoms with Crippen LogP contribution in [0.25, 0.3) is 0 Å². The number of amides is 1. The van der Waals surface area contributed by atoms with Gasteiger partial charge in [0.25, 0.3) is 5.91 Å². The molecule has 3 aliphatic rings. The Morgan fingerprint density at radius 3 is 2.59 bits per heavy atom. The lowest BCUT2D eigenvalue weighted by Crippen LogP contribution is -2.49. The summed E-state index contributed by atoms with van der Waals surface area (Å²) in [5.41, 5.74) is 2.97. The SMILES string of the molecule is O=C1c2cnc(Nc3ccc(N4CCNCC4)c(CS(=O)(=O)NC4COC4)c3)nc2SCN1c1c(Cl)cccc1Cl. The van der Waals surface area contributed by atoms with Crippen molar-refractivity contribution in [3.8, 4) is 0 Å². The van der Waals surface area contributed by atoms with Gasteiger partial charge in [-0.05, 0) is 35.9 Å². The monoisotopic (exact) mass is 635 g/mol. The summed E-state index contributed by atoms with van der Waals surface area (Å²) in [6.45, 7) is 3.96. The van der Waals surface area contributed by atoms with Crippen molar-refractivity contribution in [2.24, 2.45) is 0 Å². The maximum Gasteiger partial charge on any atom is 0.263 e. The first-order chi connectivity index (χ1) is 19.8. The molecule has 0 bridgehead atoms. The third kappa shape index (κ3) is 6.26. The number of halogens is 2. The van der Waals surface area contributed by atoms with E-state index in [0.29, 0.717) is 56.7 Å². The lowest BCUT2D eigenvalue weighted by Gasteiger charge is -2.32. The number of carbonyl (C=O) groups excluding carboxylic acids is 1. The number of fused-ring (bicyclic) bond motifs is 1. The van der Waals surface area contributed by atoms with Crippen molar-refractivity contribution >= 4 is 73.9 Å². The van der Waals surface area contributed by atoms with Gasteiger partial charge in [0.15, 0.2) is 0 Å². The topological polar surface area (TPSA) is 129 Å². The van der Waals surface area contributed by atoms with E-state index >= 15 is 0 Å². The fourth-order valence-corrected chi connectivity index (χ4v) is 7.77. The normalized spacial score (nSPS) is 17.8. The molecule has 15 heteroatoms. The van der Waals surface area contributed by atoms with E-state index in [2.05, 4.69) is 30.2 Å². The minimum atomic E-state index is -3.59. The number of rotatable bonds is 8. The first-order valence-electron chi connectivity index (χ1n) is 13.0. The van der Waals surface area contributed by atoms with E-state index in [9.17, 15) is 13.2 Å². The molecule has 0 atom stereocenters.